The first-order valence-corrected chi connectivity index (χ1v) is 11.5. The molecule has 0 amide bonds. The molecule has 2 heterocycles. The third kappa shape index (κ3) is 4.24. The van der Waals surface area contributed by atoms with E-state index in [1.54, 1.807) is 13.1 Å². The van der Waals surface area contributed by atoms with Crippen LogP contribution in [0.15, 0.2) is 27.9 Å². The van der Waals surface area contributed by atoms with Crippen LogP contribution in [0.3, 0.4) is 0 Å². The highest BCUT2D eigenvalue weighted by atomic mass is 32.2. The maximum atomic E-state index is 12.8. The monoisotopic (exact) mass is 433 g/mol. The van der Waals surface area contributed by atoms with Gasteiger partial charge in [-0.05, 0) is 38.0 Å². The molecule has 0 aliphatic carbocycles. The molecular formula is C20H27N5O4S. The molecule has 0 aliphatic rings. The van der Waals surface area contributed by atoms with Crippen LogP contribution in [0.1, 0.15) is 39.3 Å². The predicted molar refractivity (Wildman–Crippen MR) is 115 cm³/mol. The average Bonchev–Trinajstić information content (AvgIpc) is 3.03. The number of nitrogens with one attached hydrogen (secondary N) is 2. The number of rotatable bonds is 9. The molecule has 0 unspecified atom stereocenters. The zero-order valence-corrected chi connectivity index (χ0v) is 18.5. The van der Waals surface area contributed by atoms with Crippen molar-refractivity contribution >= 4 is 21.1 Å². The molecule has 0 saturated heterocycles. The van der Waals surface area contributed by atoms with E-state index in [-0.39, 0.29) is 16.3 Å². The highest BCUT2D eigenvalue weighted by Gasteiger charge is 2.20. The SMILES string of the molecule is CCCNS(=O)(=O)c1ccc(OCC)c(-c2nc3c(CCC)nn(C)c3c(=O)[nH]2)c1. The van der Waals surface area contributed by atoms with Gasteiger partial charge in [-0.25, -0.2) is 18.1 Å². The standard InChI is InChI=1S/C20H27N5O4S/c1-5-8-15-17-18(25(4)24-15)20(26)23-19(22-17)14-12-13(9-10-16(14)29-7-3)30(27,28)21-11-6-2/h9-10,12,21H,5-8,11H2,1-4H3,(H,22,23,26). The minimum atomic E-state index is -3.69. The summed E-state index contributed by atoms with van der Waals surface area (Å²) >= 11 is 0. The van der Waals surface area contributed by atoms with Gasteiger partial charge in [0, 0.05) is 13.6 Å². The van der Waals surface area contributed by atoms with E-state index in [0.29, 0.717) is 48.3 Å². The second-order valence-electron chi connectivity index (χ2n) is 6.92. The van der Waals surface area contributed by atoms with Crippen molar-refractivity contribution in [3.05, 3.63) is 34.2 Å². The molecule has 0 radical (unpaired) electrons. The van der Waals surface area contributed by atoms with Crippen LogP contribution in [0.25, 0.3) is 22.4 Å². The molecule has 30 heavy (non-hydrogen) atoms. The van der Waals surface area contributed by atoms with Gasteiger partial charge in [0.05, 0.1) is 22.8 Å². The molecule has 0 saturated carbocycles. The Bertz CT molecular complexity index is 1210. The minimum Gasteiger partial charge on any atom is -0.493 e. The summed E-state index contributed by atoms with van der Waals surface area (Å²) in [7, 11) is -1.99. The lowest BCUT2D eigenvalue weighted by atomic mass is 10.1. The zero-order valence-electron chi connectivity index (χ0n) is 17.7. The first-order chi connectivity index (χ1) is 14.3. The van der Waals surface area contributed by atoms with Crippen LogP contribution < -0.4 is 15.0 Å². The lowest BCUT2D eigenvalue weighted by molar-refractivity contribution is 0.341. The summed E-state index contributed by atoms with van der Waals surface area (Å²) in [5.41, 5.74) is 1.69. The molecule has 1 aromatic carbocycles. The van der Waals surface area contributed by atoms with Gasteiger partial charge in [0.25, 0.3) is 5.56 Å². The number of H-pyrrole nitrogens is 1. The smallest absolute Gasteiger partial charge is 0.277 e. The van der Waals surface area contributed by atoms with E-state index >= 15 is 0 Å². The second-order valence-corrected chi connectivity index (χ2v) is 8.69. The van der Waals surface area contributed by atoms with E-state index in [1.165, 1.54) is 16.8 Å². The highest BCUT2D eigenvalue weighted by molar-refractivity contribution is 7.89. The maximum Gasteiger partial charge on any atom is 0.277 e. The Hall–Kier alpha value is -2.72. The number of benzene rings is 1. The molecule has 0 bridgehead atoms. The van der Waals surface area contributed by atoms with E-state index in [2.05, 4.69) is 19.8 Å². The molecular weight excluding hydrogens is 406 g/mol. The number of aromatic amines is 1. The van der Waals surface area contributed by atoms with Gasteiger partial charge in [0.15, 0.2) is 5.52 Å². The van der Waals surface area contributed by atoms with Gasteiger partial charge in [-0.15, -0.1) is 0 Å². The second kappa shape index (κ2) is 8.97. The summed E-state index contributed by atoms with van der Waals surface area (Å²) in [6.45, 7) is 6.46. The van der Waals surface area contributed by atoms with Crippen molar-refractivity contribution in [1.29, 1.82) is 0 Å². The van der Waals surface area contributed by atoms with Gasteiger partial charge in [-0.1, -0.05) is 20.3 Å². The molecule has 2 aromatic heterocycles. The Morgan fingerprint density at radius 1 is 1.20 bits per heavy atom. The highest BCUT2D eigenvalue weighted by Crippen LogP contribution is 2.31. The average molecular weight is 434 g/mol. The fourth-order valence-corrected chi connectivity index (χ4v) is 4.40. The largest absolute Gasteiger partial charge is 0.493 e. The Balaban J connectivity index is 2.22. The van der Waals surface area contributed by atoms with Crippen molar-refractivity contribution in [2.45, 2.75) is 44.9 Å². The predicted octanol–water partition coefficient (Wildman–Crippen LogP) is 2.36. The molecule has 0 aliphatic heterocycles. The number of fused-ring (bicyclic) bond motifs is 1. The van der Waals surface area contributed by atoms with Crippen LogP contribution in [0, 0.1) is 0 Å². The van der Waals surface area contributed by atoms with Gasteiger partial charge in [-0.3, -0.25) is 9.48 Å². The van der Waals surface area contributed by atoms with Crippen molar-refractivity contribution in [2.75, 3.05) is 13.2 Å². The number of aromatic nitrogens is 4. The first-order valence-electron chi connectivity index (χ1n) is 10.0. The van der Waals surface area contributed by atoms with Crippen molar-refractivity contribution in [3.63, 3.8) is 0 Å². The van der Waals surface area contributed by atoms with Crippen LogP contribution in [0.4, 0.5) is 0 Å². The molecule has 2 N–H and O–H groups in total. The Morgan fingerprint density at radius 3 is 2.63 bits per heavy atom. The van der Waals surface area contributed by atoms with Crippen LogP contribution in [0.2, 0.25) is 0 Å². The summed E-state index contributed by atoms with van der Waals surface area (Å²) in [6.07, 6.45) is 2.22. The van der Waals surface area contributed by atoms with Crippen LogP contribution in [-0.4, -0.2) is 41.3 Å². The molecule has 0 fully saturated rings. The maximum absolute atomic E-state index is 12.8. The van der Waals surface area contributed by atoms with E-state index < -0.39 is 10.0 Å². The van der Waals surface area contributed by atoms with E-state index in [1.807, 2.05) is 20.8 Å². The number of aryl methyl sites for hydroxylation is 2. The van der Waals surface area contributed by atoms with Crippen LogP contribution in [-0.2, 0) is 23.5 Å². The fraction of sp³-hybridized carbons (Fsp3) is 0.450. The molecule has 9 nitrogen and oxygen atoms in total. The summed E-state index contributed by atoms with van der Waals surface area (Å²) < 4.78 is 35.0. The Kier molecular flexibility index (Phi) is 6.57. The minimum absolute atomic E-state index is 0.0807. The number of ether oxygens (including phenoxy) is 1. The molecule has 10 heteroatoms. The topological polar surface area (TPSA) is 119 Å². The third-order valence-electron chi connectivity index (χ3n) is 4.61. The summed E-state index contributed by atoms with van der Waals surface area (Å²) in [4.78, 5) is 20.3. The van der Waals surface area contributed by atoms with Crippen molar-refractivity contribution < 1.29 is 13.2 Å². The number of hydrogen-bond donors (Lipinski definition) is 2. The molecule has 0 spiro atoms. The first kappa shape index (κ1) is 22.0. The van der Waals surface area contributed by atoms with E-state index in [0.717, 1.165) is 12.1 Å². The van der Waals surface area contributed by atoms with E-state index in [4.69, 9.17) is 4.74 Å². The number of nitrogens with zero attached hydrogens (tertiary/aromatic N) is 3. The molecule has 0 atom stereocenters. The Morgan fingerprint density at radius 2 is 1.97 bits per heavy atom. The summed E-state index contributed by atoms with van der Waals surface area (Å²) in [5.74, 6) is 0.684. The fourth-order valence-electron chi connectivity index (χ4n) is 3.24. The summed E-state index contributed by atoms with van der Waals surface area (Å²) in [5, 5.41) is 4.42. The lowest BCUT2D eigenvalue weighted by Crippen LogP contribution is -2.24. The van der Waals surface area contributed by atoms with Gasteiger partial charge < -0.3 is 9.72 Å². The lowest BCUT2D eigenvalue weighted by Gasteiger charge is -2.13. The normalized spacial score (nSPS) is 11.9. The quantitative estimate of drug-likeness (QED) is 0.535. The Labute approximate surface area is 175 Å². The van der Waals surface area contributed by atoms with Crippen molar-refractivity contribution in [2.24, 2.45) is 7.05 Å². The molecule has 162 valence electrons. The number of hydrogen-bond acceptors (Lipinski definition) is 6. The summed E-state index contributed by atoms with van der Waals surface area (Å²) in [6, 6.07) is 4.54. The van der Waals surface area contributed by atoms with Crippen LogP contribution >= 0.6 is 0 Å². The third-order valence-corrected chi connectivity index (χ3v) is 6.07. The van der Waals surface area contributed by atoms with Crippen molar-refractivity contribution in [3.8, 4) is 17.1 Å². The van der Waals surface area contributed by atoms with E-state index in [9.17, 15) is 13.2 Å². The van der Waals surface area contributed by atoms with Crippen molar-refractivity contribution in [1.82, 2.24) is 24.5 Å². The molecule has 3 aromatic rings. The van der Waals surface area contributed by atoms with Gasteiger partial charge in [0.2, 0.25) is 10.0 Å². The zero-order chi connectivity index (χ0) is 21.9. The number of sulfonamides is 1. The van der Waals surface area contributed by atoms with Gasteiger partial charge in [0.1, 0.15) is 17.1 Å². The van der Waals surface area contributed by atoms with Gasteiger partial charge >= 0.3 is 0 Å². The molecule has 3 rings (SSSR count). The van der Waals surface area contributed by atoms with Gasteiger partial charge in [-0.2, -0.15) is 5.10 Å². The van der Waals surface area contributed by atoms with Crippen LogP contribution in [0.5, 0.6) is 5.75 Å².